The van der Waals surface area contributed by atoms with Crippen molar-refractivity contribution in [3.63, 3.8) is 0 Å². The molecule has 86 valence electrons. The van der Waals surface area contributed by atoms with E-state index in [2.05, 4.69) is 6.92 Å². The van der Waals surface area contributed by atoms with Gasteiger partial charge in [-0.2, -0.15) is 0 Å². The molecule has 4 saturated carbocycles. The molecule has 0 radical (unpaired) electrons. The van der Waals surface area contributed by atoms with Crippen molar-refractivity contribution >= 4 is 0 Å². The van der Waals surface area contributed by atoms with E-state index in [1.54, 1.807) is 0 Å². The van der Waals surface area contributed by atoms with Gasteiger partial charge in [-0.05, 0) is 57.3 Å². The van der Waals surface area contributed by atoms with Gasteiger partial charge in [0.15, 0.2) is 0 Å². The molecular weight excluding hydrogens is 191 g/mol. The average molecular weight is 212 g/mol. The summed E-state index contributed by atoms with van der Waals surface area (Å²) in [6, 6.07) is 0. The summed E-state index contributed by atoms with van der Waals surface area (Å²) in [5, 5.41) is 0. The molecule has 4 aliphatic rings. The van der Waals surface area contributed by atoms with Crippen LogP contribution in [0.2, 0.25) is 0 Å². The lowest BCUT2D eigenvalue weighted by Gasteiger charge is -2.61. The van der Waals surface area contributed by atoms with E-state index in [9.17, 15) is 4.39 Å². The van der Waals surface area contributed by atoms with Gasteiger partial charge in [-0.25, -0.2) is 0 Å². The molecule has 4 bridgehead atoms. The van der Waals surface area contributed by atoms with Gasteiger partial charge in [0.25, 0.3) is 0 Å². The van der Waals surface area contributed by atoms with Crippen molar-refractivity contribution in [1.82, 2.24) is 0 Å². The molecule has 0 spiro atoms. The summed E-state index contributed by atoms with van der Waals surface area (Å²) in [4.78, 5) is 0. The molecule has 2 unspecified atom stereocenters. The van der Waals surface area contributed by atoms with E-state index in [0.29, 0.717) is 0 Å². The van der Waals surface area contributed by atoms with E-state index in [1.807, 2.05) is 0 Å². The third-order valence-corrected chi connectivity index (χ3v) is 4.86. The van der Waals surface area contributed by atoms with Crippen LogP contribution >= 0.6 is 0 Å². The highest BCUT2D eigenvalue weighted by atomic mass is 19.1. The quantitative estimate of drug-likeness (QED) is 0.697. The van der Waals surface area contributed by atoms with Crippen molar-refractivity contribution < 1.29 is 9.13 Å². The third-order valence-electron chi connectivity index (χ3n) is 4.86. The Kier molecular flexibility index (Phi) is 2.14. The standard InChI is InChI=1S/C13H21FO/c1-2-15-13-6-10-3-11(7-13)5-12(4-10,8-13)9-14/h10-11H,2-9H2,1H3. The summed E-state index contributed by atoms with van der Waals surface area (Å²) in [7, 11) is 0. The summed E-state index contributed by atoms with van der Waals surface area (Å²) in [5.41, 5.74) is 0.0875. The first-order chi connectivity index (χ1) is 7.19. The Morgan fingerprint density at radius 3 is 2.40 bits per heavy atom. The number of alkyl halides is 1. The fourth-order valence-electron chi connectivity index (χ4n) is 5.00. The first-order valence-electron chi connectivity index (χ1n) is 6.39. The summed E-state index contributed by atoms with van der Waals surface area (Å²) in [6.07, 6.45) is 7.02. The SMILES string of the molecule is CCOC12CC3CC(CC(CF)(C3)C1)C2. The molecule has 4 fully saturated rings. The molecule has 0 aliphatic heterocycles. The van der Waals surface area contributed by atoms with Gasteiger partial charge >= 0.3 is 0 Å². The maximum Gasteiger partial charge on any atom is 0.0951 e. The first-order valence-corrected chi connectivity index (χ1v) is 6.39. The zero-order valence-electron chi connectivity index (χ0n) is 9.60. The molecule has 15 heavy (non-hydrogen) atoms. The van der Waals surface area contributed by atoms with Crippen LogP contribution in [-0.2, 0) is 4.74 Å². The zero-order chi connectivity index (χ0) is 10.5. The van der Waals surface area contributed by atoms with Crippen LogP contribution in [-0.4, -0.2) is 18.9 Å². The average Bonchev–Trinajstić information content (AvgIpc) is 2.15. The normalized spacial score (nSPS) is 52.4. The summed E-state index contributed by atoms with van der Waals surface area (Å²) >= 11 is 0. The van der Waals surface area contributed by atoms with E-state index in [4.69, 9.17) is 4.74 Å². The maximum atomic E-state index is 13.3. The van der Waals surface area contributed by atoms with Crippen LogP contribution < -0.4 is 0 Å². The Labute approximate surface area is 91.4 Å². The van der Waals surface area contributed by atoms with Crippen molar-refractivity contribution in [1.29, 1.82) is 0 Å². The minimum absolute atomic E-state index is 0.0131. The van der Waals surface area contributed by atoms with Gasteiger partial charge in [-0.1, -0.05) is 0 Å². The van der Waals surface area contributed by atoms with Gasteiger partial charge in [0.05, 0.1) is 12.3 Å². The highest BCUT2D eigenvalue weighted by Gasteiger charge is 2.58. The van der Waals surface area contributed by atoms with Crippen LogP contribution in [0.15, 0.2) is 0 Å². The Bertz CT molecular complexity index is 249. The van der Waals surface area contributed by atoms with Gasteiger partial charge in [0.2, 0.25) is 0 Å². The summed E-state index contributed by atoms with van der Waals surface area (Å²) in [5.74, 6) is 1.52. The molecule has 2 heteroatoms. The van der Waals surface area contributed by atoms with Gasteiger partial charge in [-0.3, -0.25) is 4.39 Å². The topological polar surface area (TPSA) is 9.23 Å². The van der Waals surface area contributed by atoms with Crippen LogP contribution in [0.5, 0.6) is 0 Å². The molecular formula is C13H21FO. The van der Waals surface area contributed by atoms with E-state index in [0.717, 1.165) is 37.7 Å². The maximum absolute atomic E-state index is 13.3. The van der Waals surface area contributed by atoms with Crippen molar-refractivity contribution in [3.05, 3.63) is 0 Å². The van der Waals surface area contributed by atoms with Crippen LogP contribution in [0.25, 0.3) is 0 Å². The van der Waals surface area contributed by atoms with E-state index >= 15 is 0 Å². The lowest BCUT2D eigenvalue weighted by Crippen LogP contribution is -2.57. The Morgan fingerprint density at radius 1 is 1.20 bits per heavy atom. The Balaban J connectivity index is 1.88. The summed E-state index contributed by atoms with van der Waals surface area (Å²) in [6.45, 7) is 2.75. The fraction of sp³-hybridized carbons (Fsp3) is 1.00. The minimum atomic E-state index is -0.116. The second kappa shape index (κ2) is 3.19. The number of rotatable bonds is 3. The third kappa shape index (κ3) is 1.44. The molecule has 0 aromatic heterocycles. The molecule has 2 atom stereocenters. The second-order valence-corrected chi connectivity index (χ2v) is 6.21. The molecule has 0 amide bonds. The van der Waals surface area contributed by atoms with Crippen LogP contribution in [0.1, 0.15) is 45.4 Å². The Morgan fingerprint density at radius 2 is 1.87 bits per heavy atom. The van der Waals surface area contributed by atoms with E-state index in [-0.39, 0.29) is 17.7 Å². The molecule has 1 nitrogen and oxygen atoms in total. The number of hydrogen-bond acceptors (Lipinski definition) is 1. The molecule has 0 aromatic rings. The lowest BCUT2D eigenvalue weighted by molar-refractivity contribution is -0.194. The molecule has 0 aromatic carbocycles. The number of ether oxygens (including phenoxy) is 1. The Hall–Kier alpha value is -0.110. The highest BCUT2D eigenvalue weighted by molar-refractivity contribution is 5.09. The fourth-order valence-corrected chi connectivity index (χ4v) is 5.00. The predicted octanol–water partition coefficient (Wildman–Crippen LogP) is 3.33. The van der Waals surface area contributed by atoms with Crippen LogP contribution in [0.3, 0.4) is 0 Å². The lowest BCUT2D eigenvalue weighted by atomic mass is 9.48. The van der Waals surface area contributed by atoms with Crippen LogP contribution in [0, 0.1) is 17.3 Å². The second-order valence-electron chi connectivity index (χ2n) is 6.21. The number of hydrogen-bond donors (Lipinski definition) is 0. The smallest absolute Gasteiger partial charge is 0.0951 e. The number of halogens is 1. The van der Waals surface area contributed by atoms with Crippen molar-refractivity contribution in [2.24, 2.45) is 17.3 Å². The zero-order valence-corrected chi connectivity index (χ0v) is 9.60. The largest absolute Gasteiger partial charge is 0.375 e. The van der Waals surface area contributed by atoms with Gasteiger partial charge in [0.1, 0.15) is 0 Å². The molecule has 4 aliphatic carbocycles. The van der Waals surface area contributed by atoms with E-state index in [1.165, 1.54) is 19.3 Å². The van der Waals surface area contributed by atoms with Gasteiger partial charge < -0.3 is 4.74 Å². The van der Waals surface area contributed by atoms with Gasteiger partial charge in [-0.15, -0.1) is 0 Å². The summed E-state index contributed by atoms with van der Waals surface area (Å²) < 4.78 is 19.3. The highest BCUT2D eigenvalue weighted by Crippen LogP contribution is 2.62. The molecule has 0 heterocycles. The predicted molar refractivity (Wildman–Crippen MR) is 57.4 cm³/mol. The van der Waals surface area contributed by atoms with Crippen molar-refractivity contribution in [3.8, 4) is 0 Å². The molecule has 0 saturated heterocycles. The molecule has 4 rings (SSSR count). The first kappa shape index (κ1) is 10.1. The van der Waals surface area contributed by atoms with E-state index < -0.39 is 0 Å². The minimum Gasteiger partial charge on any atom is -0.375 e. The van der Waals surface area contributed by atoms with Crippen LogP contribution in [0.4, 0.5) is 4.39 Å². The van der Waals surface area contributed by atoms with Crippen molar-refractivity contribution in [2.45, 2.75) is 51.0 Å². The van der Waals surface area contributed by atoms with Gasteiger partial charge in [0, 0.05) is 12.0 Å². The monoisotopic (exact) mass is 212 g/mol. The van der Waals surface area contributed by atoms with Crippen molar-refractivity contribution in [2.75, 3.05) is 13.3 Å². The molecule has 0 N–H and O–H groups in total.